The summed E-state index contributed by atoms with van der Waals surface area (Å²) in [5.74, 6) is -0.738. The maximum Gasteiger partial charge on any atom is 0.247 e. The van der Waals surface area contributed by atoms with Crippen LogP contribution < -0.4 is 11.1 Å². The van der Waals surface area contributed by atoms with Gasteiger partial charge in [-0.25, -0.2) is 0 Å². The van der Waals surface area contributed by atoms with E-state index in [4.69, 9.17) is 22.4 Å². The van der Waals surface area contributed by atoms with Gasteiger partial charge >= 0.3 is 0 Å². The Balaban J connectivity index is 2.48. The normalized spacial score (nSPS) is 12.4. The maximum absolute atomic E-state index is 10.6. The van der Waals surface area contributed by atoms with E-state index in [2.05, 4.69) is 21.2 Å². The minimum atomic E-state index is -1.17. The molecule has 1 unspecified atom stereocenters. The molecule has 16 heavy (non-hydrogen) atoms. The van der Waals surface area contributed by atoms with Gasteiger partial charge in [-0.2, -0.15) is 0 Å². The molecule has 1 amide bonds. The van der Waals surface area contributed by atoms with Crippen molar-refractivity contribution in [1.82, 2.24) is 5.32 Å². The van der Waals surface area contributed by atoms with Crippen molar-refractivity contribution < 1.29 is 9.90 Å². The number of nitrogens with one attached hydrogen (secondary N) is 1. The number of carbonyl (C=O) groups is 1. The molecule has 0 fully saturated rings. The van der Waals surface area contributed by atoms with Crippen LogP contribution in [-0.2, 0) is 11.3 Å². The molecule has 0 bridgehead atoms. The summed E-state index contributed by atoms with van der Waals surface area (Å²) in [6, 6.07) is 5.41. The largest absolute Gasteiger partial charge is 0.382 e. The summed E-state index contributed by atoms with van der Waals surface area (Å²) in [6.45, 7) is 0.611. The van der Waals surface area contributed by atoms with E-state index in [-0.39, 0.29) is 6.54 Å². The average molecular weight is 308 g/mol. The van der Waals surface area contributed by atoms with E-state index in [0.29, 0.717) is 11.6 Å². The summed E-state index contributed by atoms with van der Waals surface area (Å²) in [5, 5.41) is 12.7. The van der Waals surface area contributed by atoms with Crippen LogP contribution in [0.3, 0.4) is 0 Å². The Hall–Kier alpha value is -0.620. The second-order valence-electron chi connectivity index (χ2n) is 3.28. The van der Waals surface area contributed by atoms with E-state index in [0.717, 1.165) is 10.0 Å². The Labute approximate surface area is 107 Å². The Bertz CT molecular complexity index is 387. The fraction of sp³-hybridized carbons (Fsp3) is 0.300. The fourth-order valence-corrected chi connectivity index (χ4v) is 1.70. The molecule has 4 N–H and O–H groups in total. The quantitative estimate of drug-likeness (QED) is 0.761. The summed E-state index contributed by atoms with van der Waals surface area (Å²) >= 11 is 9.21. The van der Waals surface area contributed by atoms with Crippen molar-refractivity contribution in [2.24, 2.45) is 5.73 Å². The number of halogens is 2. The van der Waals surface area contributed by atoms with Crippen molar-refractivity contribution in [2.75, 3.05) is 6.54 Å². The van der Waals surface area contributed by atoms with Gasteiger partial charge in [0, 0.05) is 22.6 Å². The van der Waals surface area contributed by atoms with E-state index in [9.17, 15) is 4.79 Å². The van der Waals surface area contributed by atoms with Gasteiger partial charge in [0.25, 0.3) is 0 Å². The van der Waals surface area contributed by atoms with E-state index in [1.54, 1.807) is 12.1 Å². The minimum Gasteiger partial charge on any atom is -0.382 e. The summed E-state index contributed by atoms with van der Waals surface area (Å²) in [6.07, 6.45) is -1.17. The number of rotatable bonds is 5. The van der Waals surface area contributed by atoms with Crippen LogP contribution in [0.5, 0.6) is 0 Å². The van der Waals surface area contributed by atoms with Gasteiger partial charge in [0.1, 0.15) is 6.10 Å². The van der Waals surface area contributed by atoms with Crippen LogP contribution in [0, 0.1) is 0 Å². The Kier molecular flexibility index (Phi) is 5.21. The first-order valence-corrected chi connectivity index (χ1v) is 5.80. The molecule has 6 heteroatoms. The van der Waals surface area contributed by atoms with Gasteiger partial charge in [0.2, 0.25) is 5.91 Å². The van der Waals surface area contributed by atoms with Gasteiger partial charge in [-0.3, -0.25) is 4.79 Å². The van der Waals surface area contributed by atoms with Crippen molar-refractivity contribution in [3.05, 3.63) is 33.3 Å². The third-order valence-electron chi connectivity index (χ3n) is 1.99. The van der Waals surface area contributed by atoms with Gasteiger partial charge in [0.15, 0.2) is 0 Å². The number of hydrogen-bond donors (Lipinski definition) is 3. The molecule has 0 saturated heterocycles. The minimum absolute atomic E-state index is 0.119. The van der Waals surface area contributed by atoms with Crippen molar-refractivity contribution in [1.29, 1.82) is 0 Å². The van der Waals surface area contributed by atoms with Crippen molar-refractivity contribution in [3.8, 4) is 0 Å². The monoisotopic (exact) mass is 306 g/mol. The topological polar surface area (TPSA) is 75.4 Å². The van der Waals surface area contributed by atoms with Crippen LogP contribution in [-0.4, -0.2) is 23.7 Å². The lowest BCUT2D eigenvalue weighted by Gasteiger charge is -2.09. The van der Waals surface area contributed by atoms with Crippen LogP contribution in [0.4, 0.5) is 0 Å². The van der Waals surface area contributed by atoms with E-state index >= 15 is 0 Å². The fourth-order valence-electron chi connectivity index (χ4n) is 1.12. The number of aliphatic hydroxyl groups excluding tert-OH is 1. The highest BCUT2D eigenvalue weighted by Crippen LogP contribution is 2.20. The molecular weight excluding hydrogens is 295 g/mol. The summed E-state index contributed by atoms with van der Waals surface area (Å²) in [7, 11) is 0. The summed E-state index contributed by atoms with van der Waals surface area (Å²) in [5.41, 5.74) is 5.86. The molecule has 0 aliphatic heterocycles. The number of aliphatic hydroxyl groups is 1. The average Bonchev–Trinajstić information content (AvgIpc) is 2.22. The zero-order valence-electron chi connectivity index (χ0n) is 8.41. The second kappa shape index (κ2) is 6.20. The molecule has 1 aromatic rings. The predicted octanol–water partition coefficient (Wildman–Crippen LogP) is 1.04. The van der Waals surface area contributed by atoms with Crippen molar-refractivity contribution in [3.63, 3.8) is 0 Å². The Morgan fingerprint density at radius 3 is 2.94 bits per heavy atom. The van der Waals surface area contributed by atoms with Crippen LogP contribution in [0.25, 0.3) is 0 Å². The first-order chi connectivity index (χ1) is 7.50. The molecular formula is C10H12BrClN2O2. The predicted molar refractivity (Wildman–Crippen MR) is 66.1 cm³/mol. The van der Waals surface area contributed by atoms with E-state index < -0.39 is 12.0 Å². The molecule has 1 rings (SSSR count). The number of amides is 1. The first-order valence-electron chi connectivity index (χ1n) is 4.62. The molecule has 0 spiro atoms. The molecule has 0 aromatic heterocycles. The summed E-state index contributed by atoms with van der Waals surface area (Å²) < 4.78 is 0.915. The maximum atomic E-state index is 10.6. The Morgan fingerprint density at radius 1 is 1.62 bits per heavy atom. The number of benzene rings is 1. The standard InChI is InChI=1S/C10H12BrClN2O2/c11-8-2-1-7(12)3-6(8)4-14-5-9(15)10(13)16/h1-3,9,14-15H,4-5H2,(H2,13,16). The Morgan fingerprint density at radius 2 is 2.31 bits per heavy atom. The van der Waals surface area contributed by atoms with Crippen molar-refractivity contribution >= 4 is 33.4 Å². The highest BCUT2D eigenvalue weighted by atomic mass is 79.9. The lowest BCUT2D eigenvalue weighted by Crippen LogP contribution is -2.37. The molecule has 4 nitrogen and oxygen atoms in total. The smallest absolute Gasteiger partial charge is 0.247 e. The summed E-state index contributed by atoms with van der Waals surface area (Å²) in [4.78, 5) is 10.6. The molecule has 0 heterocycles. The number of primary amides is 1. The van der Waals surface area contributed by atoms with Gasteiger partial charge in [-0.15, -0.1) is 0 Å². The lowest BCUT2D eigenvalue weighted by molar-refractivity contribution is -0.125. The molecule has 0 aliphatic rings. The van der Waals surface area contributed by atoms with Crippen LogP contribution in [0.2, 0.25) is 5.02 Å². The molecule has 1 atom stereocenters. The van der Waals surface area contributed by atoms with Crippen molar-refractivity contribution in [2.45, 2.75) is 12.6 Å². The second-order valence-corrected chi connectivity index (χ2v) is 4.58. The first kappa shape index (κ1) is 13.4. The van der Waals surface area contributed by atoms with Gasteiger partial charge in [-0.05, 0) is 23.8 Å². The number of hydrogen-bond acceptors (Lipinski definition) is 3. The van der Waals surface area contributed by atoms with Crippen LogP contribution in [0.1, 0.15) is 5.56 Å². The molecule has 0 aliphatic carbocycles. The van der Waals surface area contributed by atoms with Gasteiger partial charge in [-0.1, -0.05) is 27.5 Å². The van der Waals surface area contributed by atoms with Gasteiger partial charge in [0.05, 0.1) is 0 Å². The third kappa shape index (κ3) is 4.09. The van der Waals surface area contributed by atoms with E-state index in [1.165, 1.54) is 0 Å². The highest BCUT2D eigenvalue weighted by molar-refractivity contribution is 9.10. The van der Waals surface area contributed by atoms with Gasteiger partial charge < -0.3 is 16.2 Å². The van der Waals surface area contributed by atoms with E-state index in [1.807, 2.05) is 6.07 Å². The van der Waals surface area contributed by atoms with Crippen LogP contribution >= 0.6 is 27.5 Å². The third-order valence-corrected chi connectivity index (χ3v) is 3.00. The molecule has 0 saturated carbocycles. The molecule has 1 aromatic carbocycles. The zero-order valence-corrected chi connectivity index (χ0v) is 10.8. The number of carbonyl (C=O) groups excluding carboxylic acids is 1. The SMILES string of the molecule is NC(=O)C(O)CNCc1cc(Cl)ccc1Br. The zero-order chi connectivity index (χ0) is 12.1. The number of nitrogens with two attached hydrogens (primary N) is 1. The molecule has 0 radical (unpaired) electrons. The van der Waals surface area contributed by atoms with Crippen LogP contribution in [0.15, 0.2) is 22.7 Å². The molecule has 88 valence electrons. The lowest BCUT2D eigenvalue weighted by atomic mass is 10.2. The highest BCUT2D eigenvalue weighted by Gasteiger charge is 2.09.